The van der Waals surface area contributed by atoms with Crippen LogP contribution < -0.4 is 10.6 Å². The molecular weight excluding hydrogens is 321 g/mol. The van der Waals surface area contributed by atoms with Gasteiger partial charge < -0.3 is 10.6 Å². The van der Waals surface area contributed by atoms with Gasteiger partial charge in [-0.2, -0.15) is 0 Å². The zero-order chi connectivity index (χ0) is 15.4. The molecule has 21 heavy (non-hydrogen) atoms. The summed E-state index contributed by atoms with van der Waals surface area (Å²) in [5.74, 6) is -1.57. The van der Waals surface area contributed by atoms with Crippen LogP contribution in [-0.2, 0) is 6.54 Å². The van der Waals surface area contributed by atoms with Crippen LogP contribution in [0.2, 0.25) is 10.0 Å². The maximum absolute atomic E-state index is 13.4. The van der Waals surface area contributed by atoms with Gasteiger partial charge in [-0.1, -0.05) is 29.3 Å². The van der Waals surface area contributed by atoms with Crippen LogP contribution in [0.4, 0.5) is 19.3 Å². The van der Waals surface area contributed by atoms with Crippen LogP contribution >= 0.6 is 23.2 Å². The second kappa shape index (κ2) is 6.74. The summed E-state index contributed by atoms with van der Waals surface area (Å²) < 4.78 is 26.1. The molecule has 0 aliphatic heterocycles. The van der Waals surface area contributed by atoms with Crippen LogP contribution in [-0.4, -0.2) is 6.03 Å². The highest BCUT2D eigenvalue weighted by Gasteiger charge is 2.08. The van der Waals surface area contributed by atoms with Crippen molar-refractivity contribution >= 4 is 34.9 Å². The molecule has 0 atom stereocenters. The van der Waals surface area contributed by atoms with Gasteiger partial charge in [-0.25, -0.2) is 13.6 Å². The number of urea groups is 1. The lowest BCUT2D eigenvalue weighted by Crippen LogP contribution is -2.28. The van der Waals surface area contributed by atoms with E-state index in [1.54, 1.807) is 18.2 Å². The van der Waals surface area contributed by atoms with Gasteiger partial charge in [0.2, 0.25) is 0 Å². The second-order valence-corrected chi connectivity index (χ2v) is 5.01. The number of carbonyl (C=O) groups is 1. The van der Waals surface area contributed by atoms with Crippen LogP contribution in [0.25, 0.3) is 0 Å². The van der Waals surface area contributed by atoms with Crippen molar-refractivity contribution in [3.8, 4) is 0 Å². The number of hydrogen-bond acceptors (Lipinski definition) is 1. The molecule has 0 aromatic heterocycles. The lowest BCUT2D eigenvalue weighted by atomic mass is 10.2. The number of hydrogen-bond donors (Lipinski definition) is 2. The number of anilines is 1. The summed E-state index contributed by atoms with van der Waals surface area (Å²) in [4.78, 5) is 11.6. The van der Waals surface area contributed by atoms with Crippen molar-refractivity contribution < 1.29 is 13.6 Å². The van der Waals surface area contributed by atoms with Crippen molar-refractivity contribution in [3.63, 3.8) is 0 Å². The van der Waals surface area contributed by atoms with E-state index in [-0.39, 0.29) is 12.2 Å². The van der Waals surface area contributed by atoms with Crippen molar-refractivity contribution in [1.29, 1.82) is 0 Å². The molecule has 0 saturated heterocycles. The molecule has 0 heterocycles. The topological polar surface area (TPSA) is 41.1 Å². The first-order valence-corrected chi connectivity index (χ1v) is 6.65. The maximum Gasteiger partial charge on any atom is 0.319 e. The molecule has 0 spiro atoms. The molecule has 0 fully saturated rings. The molecule has 2 aromatic carbocycles. The third kappa shape index (κ3) is 4.31. The molecule has 0 bridgehead atoms. The highest BCUT2D eigenvalue weighted by molar-refractivity contribution is 6.35. The number of carbonyl (C=O) groups excluding carboxylic acids is 1. The van der Waals surface area contributed by atoms with E-state index in [0.29, 0.717) is 21.7 Å². The molecule has 2 amide bonds. The standard InChI is InChI=1S/C14H10Cl2F2N2O/c15-9-2-1-8(11(16)5-9)7-19-14(21)20-13-4-3-10(17)6-12(13)18/h1-6H,7H2,(H2,19,20,21). The van der Waals surface area contributed by atoms with Crippen molar-refractivity contribution in [2.24, 2.45) is 0 Å². The predicted molar refractivity (Wildman–Crippen MR) is 78.7 cm³/mol. The molecule has 110 valence electrons. The third-order valence-corrected chi connectivity index (χ3v) is 3.22. The first-order valence-electron chi connectivity index (χ1n) is 5.89. The fourth-order valence-electron chi connectivity index (χ4n) is 1.60. The lowest BCUT2D eigenvalue weighted by Gasteiger charge is -2.09. The Labute approximate surface area is 129 Å². The molecule has 2 rings (SSSR count). The van der Waals surface area contributed by atoms with Gasteiger partial charge in [-0.05, 0) is 29.8 Å². The maximum atomic E-state index is 13.4. The van der Waals surface area contributed by atoms with Crippen LogP contribution in [0.15, 0.2) is 36.4 Å². The van der Waals surface area contributed by atoms with E-state index < -0.39 is 17.7 Å². The molecule has 0 unspecified atom stereocenters. The Kier molecular flexibility index (Phi) is 4.98. The molecular formula is C14H10Cl2F2N2O. The Morgan fingerprint density at radius 1 is 1.10 bits per heavy atom. The Morgan fingerprint density at radius 3 is 2.52 bits per heavy atom. The van der Waals surface area contributed by atoms with E-state index in [4.69, 9.17) is 23.2 Å². The summed E-state index contributed by atoms with van der Waals surface area (Å²) >= 11 is 11.7. The van der Waals surface area contributed by atoms with E-state index >= 15 is 0 Å². The fourth-order valence-corrected chi connectivity index (χ4v) is 2.07. The van der Waals surface area contributed by atoms with E-state index in [1.165, 1.54) is 0 Å². The number of halogens is 4. The molecule has 3 nitrogen and oxygen atoms in total. The summed E-state index contributed by atoms with van der Waals surface area (Å²) in [5, 5.41) is 5.69. The van der Waals surface area contributed by atoms with Gasteiger partial charge in [0.05, 0.1) is 5.69 Å². The Balaban J connectivity index is 1.96. The first kappa shape index (κ1) is 15.5. The average Bonchev–Trinajstić information content (AvgIpc) is 2.41. The minimum Gasteiger partial charge on any atom is -0.334 e. The van der Waals surface area contributed by atoms with Gasteiger partial charge in [0.15, 0.2) is 0 Å². The van der Waals surface area contributed by atoms with Crippen molar-refractivity contribution in [2.45, 2.75) is 6.54 Å². The minimum absolute atomic E-state index is 0.115. The fraction of sp³-hybridized carbons (Fsp3) is 0.0714. The largest absolute Gasteiger partial charge is 0.334 e. The van der Waals surface area contributed by atoms with Crippen molar-refractivity contribution in [1.82, 2.24) is 5.32 Å². The number of rotatable bonds is 3. The van der Waals surface area contributed by atoms with Crippen molar-refractivity contribution in [2.75, 3.05) is 5.32 Å². The Bertz CT molecular complexity index is 680. The highest BCUT2D eigenvalue weighted by Crippen LogP contribution is 2.21. The molecule has 0 radical (unpaired) electrons. The first-order chi connectivity index (χ1) is 9.95. The van der Waals surface area contributed by atoms with Crippen LogP contribution in [0, 0.1) is 11.6 Å². The molecule has 0 saturated carbocycles. The summed E-state index contributed by atoms with van der Waals surface area (Å²) in [7, 11) is 0. The van der Waals surface area contributed by atoms with Gasteiger partial charge in [-0.3, -0.25) is 0 Å². The van der Waals surface area contributed by atoms with E-state index in [9.17, 15) is 13.6 Å². The highest BCUT2D eigenvalue weighted by atomic mass is 35.5. The zero-order valence-corrected chi connectivity index (χ0v) is 12.1. The van der Waals surface area contributed by atoms with Gasteiger partial charge in [-0.15, -0.1) is 0 Å². The SMILES string of the molecule is O=C(NCc1ccc(Cl)cc1Cl)Nc1ccc(F)cc1F. The normalized spacial score (nSPS) is 10.3. The van der Waals surface area contributed by atoms with E-state index in [2.05, 4.69) is 10.6 Å². The van der Waals surface area contributed by atoms with Gasteiger partial charge in [0, 0.05) is 22.7 Å². The summed E-state index contributed by atoms with van der Waals surface area (Å²) in [5.41, 5.74) is 0.548. The second-order valence-electron chi connectivity index (χ2n) is 4.17. The van der Waals surface area contributed by atoms with E-state index in [1.807, 2.05) is 0 Å². The lowest BCUT2D eigenvalue weighted by molar-refractivity contribution is 0.251. The molecule has 2 aromatic rings. The zero-order valence-electron chi connectivity index (χ0n) is 10.6. The van der Waals surface area contributed by atoms with Gasteiger partial charge in [0.1, 0.15) is 11.6 Å². The van der Waals surface area contributed by atoms with Gasteiger partial charge in [0.25, 0.3) is 0 Å². The summed E-state index contributed by atoms with van der Waals surface area (Å²) in [6.45, 7) is 0.144. The van der Waals surface area contributed by atoms with Crippen LogP contribution in [0.5, 0.6) is 0 Å². The molecule has 0 aliphatic carbocycles. The number of nitrogens with one attached hydrogen (secondary N) is 2. The summed E-state index contributed by atoms with van der Waals surface area (Å²) in [6, 6.07) is 7.11. The Morgan fingerprint density at radius 2 is 1.86 bits per heavy atom. The Hall–Kier alpha value is -1.85. The summed E-state index contributed by atoms with van der Waals surface area (Å²) in [6.07, 6.45) is 0. The molecule has 2 N–H and O–H groups in total. The monoisotopic (exact) mass is 330 g/mol. The van der Waals surface area contributed by atoms with E-state index in [0.717, 1.165) is 12.1 Å². The third-order valence-electron chi connectivity index (χ3n) is 2.63. The molecule has 7 heteroatoms. The van der Waals surface area contributed by atoms with Crippen LogP contribution in [0.3, 0.4) is 0 Å². The van der Waals surface area contributed by atoms with Gasteiger partial charge >= 0.3 is 6.03 Å². The number of benzene rings is 2. The predicted octanol–water partition coefficient (Wildman–Crippen LogP) is 4.59. The quantitative estimate of drug-likeness (QED) is 0.848. The average molecular weight is 331 g/mol. The van der Waals surface area contributed by atoms with Crippen LogP contribution in [0.1, 0.15) is 5.56 Å². The number of amides is 2. The smallest absolute Gasteiger partial charge is 0.319 e. The minimum atomic E-state index is -0.852. The molecule has 0 aliphatic rings. The van der Waals surface area contributed by atoms with Crippen molar-refractivity contribution in [3.05, 3.63) is 63.6 Å².